The Kier molecular flexibility index (Phi) is 6.56. The zero-order chi connectivity index (χ0) is 15.3. The minimum atomic E-state index is -0.0236. The van der Waals surface area contributed by atoms with Crippen molar-refractivity contribution in [2.75, 3.05) is 6.61 Å². The third-order valence-electron chi connectivity index (χ3n) is 3.33. The van der Waals surface area contributed by atoms with E-state index in [1.54, 1.807) is 0 Å². The smallest absolute Gasteiger partial charge is 0.157 e. The van der Waals surface area contributed by atoms with Gasteiger partial charge in [0, 0.05) is 36.1 Å². The van der Waals surface area contributed by atoms with Crippen LogP contribution in [-0.2, 0) is 11.3 Å². The van der Waals surface area contributed by atoms with Crippen LogP contribution in [-0.4, -0.2) is 22.6 Å². The average molecular weight is 279 g/mol. The van der Waals surface area contributed by atoms with E-state index in [4.69, 9.17) is 4.74 Å². The highest BCUT2D eigenvalue weighted by Gasteiger charge is 2.21. The Hall–Kier alpha value is -1.00. The van der Waals surface area contributed by atoms with E-state index in [9.17, 15) is 0 Å². The summed E-state index contributed by atoms with van der Waals surface area (Å²) in [4.78, 5) is 9.35. The summed E-state index contributed by atoms with van der Waals surface area (Å²) < 4.78 is 5.80. The highest BCUT2D eigenvalue weighted by molar-refractivity contribution is 5.24. The molecule has 1 heterocycles. The minimum Gasteiger partial charge on any atom is -0.370 e. The quantitative estimate of drug-likeness (QED) is 0.831. The lowest BCUT2D eigenvalue weighted by atomic mass is 10.1. The number of ether oxygens (including phenoxy) is 1. The third kappa shape index (κ3) is 4.53. The van der Waals surface area contributed by atoms with Crippen molar-refractivity contribution in [3.63, 3.8) is 0 Å². The summed E-state index contributed by atoms with van der Waals surface area (Å²) in [6.07, 6.45) is -0.0236. The van der Waals surface area contributed by atoms with Gasteiger partial charge in [-0.25, -0.2) is 9.97 Å². The van der Waals surface area contributed by atoms with Crippen molar-refractivity contribution >= 4 is 0 Å². The van der Waals surface area contributed by atoms with Crippen LogP contribution >= 0.6 is 0 Å². The highest BCUT2D eigenvalue weighted by atomic mass is 16.5. The van der Waals surface area contributed by atoms with Crippen LogP contribution in [0.4, 0.5) is 0 Å². The summed E-state index contributed by atoms with van der Waals surface area (Å²) in [6.45, 7) is 16.2. The minimum absolute atomic E-state index is 0.0236. The molecule has 1 aromatic rings. The molecule has 0 aliphatic carbocycles. The molecule has 20 heavy (non-hydrogen) atoms. The van der Waals surface area contributed by atoms with Crippen LogP contribution in [0.2, 0.25) is 0 Å². The summed E-state index contributed by atoms with van der Waals surface area (Å²) >= 11 is 0. The molecule has 0 saturated carbocycles. The number of nitrogens with one attached hydrogen (secondary N) is 1. The first-order valence-corrected chi connectivity index (χ1v) is 7.55. The van der Waals surface area contributed by atoms with Gasteiger partial charge in [-0.3, -0.25) is 0 Å². The van der Waals surface area contributed by atoms with Crippen molar-refractivity contribution in [2.24, 2.45) is 5.92 Å². The van der Waals surface area contributed by atoms with Gasteiger partial charge in [-0.2, -0.15) is 0 Å². The number of nitrogens with zero attached hydrogens (tertiary/aromatic N) is 2. The van der Waals surface area contributed by atoms with Gasteiger partial charge in [0.2, 0.25) is 0 Å². The summed E-state index contributed by atoms with van der Waals surface area (Å²) in [5, 5.41) is 3.43. The largest absolute Gasteiger partial charge is 0.370 e. The molecule has 4 nitrogen and oxygen atoms in total. The van der Waals surface area contributed by atoms with Crippen molar-refractivity contribution in [3.8, 4) is 0 Å². The maximum Gasteiger partial charge on any atom is 0.157 e. The van der Waals surface area contributed by atoms with Gasteiger partial charge in [-0.05, 0) is 26.7 Å². The van der Waals surface area contributed by atoms with Gasteiger partial charge < -0.3 is 10.1 Å². The van der Waals surface area contributed by atoms with E-state index in [1.165, 1.54) is 5.56 Å². The Morgan fingerprint density at radius 1 is 1.05 bits per heavy atom. The molecule has 1 N–H and O–H groups in total. The fourth-order valence-corrected chi connectivity index (χ4v) is 2.20. The molecular weight excluding hydrogens is 250 g/mol. The highest BCUT2D eigenvalue weighted by Crippen LogP contribution is 2.24. The molecule has 0 fully saturated rings. The topological polar surface area (TPSA) is 47.0 Å². The molecule has 1 rings (SSSR count). The van der Waals surface area contributed by atoms with Crippen LogP contribution in [0.1, 0.15) is 63.5 Å². The first kappa shape index (κ1) is 17.1. The monoisotopic (exact) mass is 279 g/mol. The summed E-state index contributed by atoms with van der Waals surface area (Å²) in [5.74, 6) is 1.18. The van der Waals surface area contributed by atoms with Crippen LogP contribution in [0.15, 0.2) is 0 Å². The number of hydrogen-bond donors (Lipinski definition) is 1. The van der Waals surface area contributed by atoms with Crippen molar-refractivity contribution in [3.05, 3.63) is 22.8 Å². The molecule has 0 amide bonds. The van der Waals surface area contributed by atoms with Gasteiger partial charge in [-0.1, -0.05) is 27.7 Å². The van der Waals surface area contributed by atoms with E-state index in [0.29, 0.717) is 18.6 Å². The zero-order valence-corrected chi connectivity index (χ0v) is 13.9. The normalized spacial score (nSPS) is 13.2. The van der Waals surface area contributed by atoms with E-state index in [-0.39, 0.29) is 6.10 Å². The molecule has 1 unspecified atom stereocenters. The van der Waals surface area contributed by atoms with E-state index < -0.39 is 0 Å². The fourth-order valence-electron chi connectivity index (χ4n) is 2.20. The second-order valence-corrected chi connectivity index (χ2v) is 5.89. The molecule has 0 aliphatic heterocycles. The fraction of sp³-hybridized carbons (Fsp3) is 0.750. The van der Waals surface area contributed by atoms with E-state index in [1.807, 2.05) is 6.92 Å². The van der Waals surface area contributed by atoms with E-state index in [0.717, 1.165) is 23.8 Å². The first-order valence-electron chi connectivity index (χ1n) is 7.55. The first-order chi connectivity index (χ1) is 9.36. The van der Waals surface area contributed by atoms with E-state index in [2.05, 4.69) is 56.8 Å². The Morgan fingerprint density at radius 2 is 1.60 bits per heavy atom. The number of aryl methyl sites for hydroxylation is 2. The zero-order valence-electron chi connectivity index (χ0n) is 13.9. The number of hydrogen-bond acceptors (Lipinski definition) is 4. The Labute approximate surface area is 123 Å². The Morgan fingerprint density at radius 3 is 2.00 bits per heavy atom. The predicted molar refractivity (Wildman–Crippen MR) is 82.7 cm³/mol. The lowest BCUT2D eigenvalue weighted by molar-refractivity contribution is 0.0229. The van der Waals surface area contributed by atoms with E-state index >= 15 is 0 Å². The van der Waals surface area contributed by atoms with Crippen LogP contribution in [0, 0.1) is 19.8 Å². The van der Waals surface area contributed by atoms with Crippen molar-refractivity contribution in [1.82, 2.24) is 15.3 Å². The standard InChI is InChI=1S/C16H29N3O/c1-8-20-15(10(2)3)16-18-12(6)14(13(7)19-16)9-17-11(4)5/h10-11,15,17H,8-9H2,1-7H3. The molecular formula is C16H29N3O. The van der Waals surface area contributed by atoms with Crippen LogP contribution < -0.4 is 5.32 Å². The van der Waals surface area contributed by atoms with Crippen LogP contribution in [0.3, 0.4) is 0 Å². The molecule has 4 heteroatoms. The molecule has 0 saturated heterocycles. The average Bonchev–Trinajstić information content (AvgIpc) is 2.33. The van der Waals surface area contributed by atoms with Crippen LogP contribution in [0.25, 0.3) is 0 Å². The van der Waals surface area contributed by atoms with Gasteiger partial charge in [0.25, 0.3) is 0 Å². The molecule has 0 bridgehead atoms. The van der Waals surface area contributed by atoms with Crippen molar-refractivity contribution in [1.29, 1.82) is 0 Å². The number of aromatic nitrogens is 2. The Bertz CT molecular complexity index is 407. The SMILES string of the molecule is CCOC(c1nc(C)c(CNC(C)C)c(C)n1)C(C)C. The van der Waals surface area contributed by atoms with Crippen molar-refractivity contribution in [2.45, 2.75) is 67.2 Å². The second-order valence-electron chi connectivity index (χ2n) is 5.89. The third-order valence-corrected chi connectivity index (χ3v) is 3.33. The molecule has 1 atom stereocenters. The van der Waals surface area contributed by atoms with Crippen molar-refractivity contribution < 1.29 is 4.74 Å². The maximum atomic E-state index is 5.80. The molecule has 0 aliphatic rings. The van der Waals surface area contributed by atoms with Gasteiger partial charge in [0.1, 0.15) is 6.10 Å². The van der Waals surface area contributed by atoms with Gasteiger partial charge in [0.05, 0.1) is 0 Å². The number of rotatable bonds is 7. The van der Waals surface area contributed by atoms with Crippen LogP contribution in [0.5, 0.6) is 0 Å². The molecule has 1 aromatic heterocycles. The maximum absolute atomic E-state index is 5.80. The summed E-state index contributed by atoms with van der Waals surface area (Å²) in [5.41, 5.74) is 3.29. The van der Waals surface area contributed by atoms with Gasteiger partial charge in [0.15, 0.2) is 5.82 Å². The second kappa shape index (κ2) is 7.70. The summed E-state index contributed by atoms with van der Waals surface area (Å²) in [7, 11) is 0. The van der Waals surface area contributed by atoms with Gasteiger partial charge >= 0.3 is 0 Å². The lowest BCUT2D eigenvalue weighted by Gasteiger charge is -2.21. The molecule has 0 spiro atoms. The molecule has 0 aromatic carbocycles. The molecule has 114 valence electrons. The summed E-state index contributed by atoms with van der Waals surface area (Å²) in [6, 6.07) is 0.459. The van der Waals surface area contributed by atoms with Gasteiger partial charge in [-0.15, -0.1) is 0 Å². The molecule has 0 radical (unpaired) electrons. The Balaban J connectivity index is 3.02. The lowest BCUT2D eigenvalue weighted by Crippen LogP contribution is -2.24. The predicted octanol–water partition coefficient (Wildman–Crippen LogP) is 3.33.